The number of carbonyl (C=O) groups is 2. The lowest BCUT2D eigenvalue weighted by Gasteiger charge is -2.23. The zero-order chi connectivity index (χ0) is 25.6. The van der Waals surface area contributed by atoms with Crippen LogP contribution in [0.2, 0.25) is 0 Å². The van der Waals surface area contributed by atoms with Crippen molar-refractivity contribution in [1.82, 2.24) is 0 Å². The molecule has 0 amide bonds. The monoisotopic (exact) mass is 490 g/mol. The lowest BCUT2D eigenvalue weighted by atomic mass is 9.86. The Bertz CT molecular complexity index is 696. The van der Waals surface area contributed by atoms with Gasteiger partial charge in [-0.15, -0.1) is 0 Å². The van der Waals surface area contributed by atoms with Crippen molar-refractivity contribution in [1.29, 1.82) is 0 Å². The van der Waals surface area contributed by atoms with Crippen LogP contribution in [0.4, 0.5) is 0 Å². The maximum absolute atomic E-state index is 11.8. The van der Waals surface area contributed by atoms with Crippen LogP contribution in [-0.4, -0.2) is 25.2 Å². The largest absolute Gasteiger partial charge is 0.465 e. The molecular weight excluding hydrogens is 436 g/mol. The number of hydrogen-bond acceptors (Lipinski definition) is 4. The van der Waals surface area contributed by atoms with Gasteiger partial charge in [-0.2, -0.15) is 0 Å². The number of esters is 2. The van der Waals surface area contributed by atoms with Gasteiger partial charge in [0, 0.05) is 0 Å². The molecule has 0 aliphatic heterocycles. The van der Waals surface area contributed by atoms with E-state index in [4.69, 9.17) is 9.47 Å². The Balaban J connectivity index is 0.000000196. The van der Waals surface area contributed by atoms with Gasteiger partial charge in [0.05, 0.1) is 24.0 Å². The molecule has 4 fully saturated rings. The van der Waals surface area contributed by atoms with E-state index in [1.54, 1.807) is 0 Å². The van der Waals surface area contributed by atoms with Crippen LogP contribution in [-0.2, 0) is 19.1 Å². The van der Waals surface area contributed by atoms with Crippen LogP contribution in [0, 0.1) is 46.3 Å². The molecule has 4 nitrogen and oxygen atoms in total. The molecule has 0 aromatic heterocycles. The molecule has 4 bridgehead atoms. The first-order valence-electron chi connectivity index (χ1n) is 14.9. The second-order valence-corrected chi connectivity index (χ2v) is 13.5. The Morgan fingerprint density at radius 1 is 0.657 bits per heavy atom. The lowest BCUT2D eigenvalue weighted by molar-refractivity contribution is -0.155. The number of ether oxygens (including phenoxy) is 2. The Labute approximate surface area is 215 Å². The van der Waals surface area contributed by atoms with Crippen LogP contribution in [0.1, 0.15) is 125 Å². The van der Waals surface area contributed by atoms with Crippen LogP contribution < -0.4 is 0 Å². The summed E-state index contributed by atoms with van der Waals surface area (Å²) in [4.78, 5) is 23.6. The van der Waals surface area contributed by atoms with Gasteiger partial charge in [0.25, 0.3) is 0 Å². The van der Waals surface area contributed by atoms with Crippen molar-refractivity contribution < 1.29 is 19.1 Å². The highest BCUT2D eigenvalue weighted by Crippen LogP contribution is 2.50. The zero-order valence-corrected chi connectivity index (χ0v) is 23.7. The first-order valence-corrected chi connectivity index (χ1v) is 14.9. The van der Waals surface area contributed by atoms with Crippen molar-refractivity contribution in [3.8, 4) is 0 Å². The normalized spacial score (nSPS) is 31.3. The molecule has 202 valence electrons. The second-order valence-electron chi connectivity index (χ2n) is 13.5. The van der Waals surface area contributed by atoms with Crippen molar-refractivity contribution in [3.63, 3.8) is 0 Å². The zero-order valence-electron chi connectivity index (χ0n) is 23.7. The highest BCUT2D eigenvalue weighted by Gasteiger charge is 2.40. The molecule has 4 saturated carbocycles. The predicted octanol–water partition coefficient (Wildman–Crippen LogP) is 7.97. The van der Waals surface area contributed by atoms with E-state index < -0.39 is 0 Å². The summed E-state index contributed by atoms with van der Waals surface area (Å²) in [5.74, 6) is 5.68. The summed E-state index contributed by atoms with van der Waals surface area (Å²) in [7, 11) is 0. The third kappa shape index (κ3) is 7.71. The molecule has 0 aromatic carbocycles. The van der Waals surface area contributed by atoms with E-state index in [0.717, 1.165) is 61.2 Å². The third-order valence-corrected chi connectivity index (χ3v) is 10.3. The smallest absolute Gasteiger partial charge is 0.311 e. The molecule has 0 N–H and O–H groups in total. The predicted molar refractivity (Wildman–Crippen MR) is 142 cm³/mol. The van der Waals surface area contributed by atoms with Gasteiger partial charge in [-0.05, 0) is 134 Å². The summed E-state index contributed by atoms with van der Waals surface area (Å²) >= 11 is 0. The summed E-state index contributed by atoms with van der Waals surface area (Å²) in [6, 6.07) is 0. The van der Waals surface area contributed by atoms with Crippen LogP contribution >= 0.6 is 0 Å². The Morgan fingerprint density at radius 2 is 1.11 bits per heavy atom. The molecule has 0 spiro atoms. The molecule has 35 heavy (non-hydrogen) atoms. The molecule has 6 atom stereocenters. The minimum atomic E-state index is -0.313. The first-order chi connectivity index (χ1) is 16.6. The third-order valence-electron chi connectivity index (χ3n) is 10.3. The van der Waals surface area contributed by atoms with Crippen LogP contribution in [0.15, 0.2) is 0 Å². The highest BCUT2D eigenvalue weighted by atomic mass is 16.5. The van der Waals surface area contributed by atoms with E-state index in [-0.39, 0.29) is 22.8 Å². The fourth-order valence-corrected chi connectivity index (χ4v) is 6.95. The fraction of sp³-hybridized carbons (Fsp3) is 0.935. The van der Waals surface area contributed by atoms with Crippen molar-refractivity contribution in [3.05, 3.63) is 0 Å². The minimum Gasteiger partial charge on any atom is -0.465 e. The van der Waals surface area contributed by atoms with Crippen molar-refractivity contribution in [2.75, 3.05) is 13.2 Å². The van der Waals surface area contributed by atoms with Crippen molar-refractivity contribution in [2.24, 2.45) is 46.3 Å². The molecule has 0 aromatic rings. The van der Waals surface area contributed by atoms with Crippen LogP contribution in [0.3, 0.4) is 0 Å². The first kappa shape index (κ1) is 28.5. The Hall–Kier alpha value is -1.06. The van der Waals surface area contributed by atoms with Gasteiger partial charge < -0.3 is 9.47 Å². The molecule has 4 aliphatic rings. The van der Waals surface area contributed by atoms with E-state index in [1.165, 1.54) is 57.8 Å². The van der Waals surface area contributed by atoms with Crippen molar-refractivity contribution >= 4 is 11.9 Å². The Kier molecular flexibility index (Phi) is 10.1. The van der Waals surface area contributed by atoms with E-state index in [2.05, 4.69) is 0 Å². The average molecular weight is 491 g/mol. The van der Waals surface area contributed by atoms with Crippen LogP contribution in [0.5, 0.6) is 0 Å². The molecule has 6 unspecified atom stereocenters. The van der Waals surface area contributed by atoms with E-state index in [0.29, 0.717) is 13.2 Å². The number of carbonyl (C=O) groups excluding carboxylic acids is 2. The van der Waals surface area contributed by atoms with Gasteiger partial charge in [-0.1, -0.05) is 26.7 Å². The van der Waals surface area contributed by atoms with Gasteiger partial charge in [0.15, 0.2) is 0 Å². The van der Waals surface area contributed by atoms with Crippen molar-refractivity contribution in [2.45, 2.75) is 125 Å². The maximum Gasteiger partial charge on any atom is 0.311 e. The SMILES string of the molecule is CCC(C)(C)C(=O)OCCC1CC2CCC1C2.CCC(C)(C)C(=O)OCCCC1CC2CCC1C2. The summed E-state index contributed by atoms with van der Waals surface area (Å²) in [6.07, 6.45) is 16.7. The highest BCUT2D eigenvalue weighted by molar-refractivity contribution is 5.76. The Morgan fingerprint density at radius 3 is 1.51 bits per heavy atom. The van der Waals surface area contributed by atoms with Gasteiger partial charge in [-0.3, -0.25) is 9.59 Å². The molecule has 4 rings (SSSR count). The summed E-state index contributed by atoms with van der Waals surface area (Å²) in [6.45, 7) is 13.2. The molecule has 4 heteroatoms. The molecule has 0 saturated heterocycles. The van der Waals surface area contributed by atoms with E-state index in [9.17, 15) is 9.59 Å². The van der Waals surface area contributed by atoms with Gasteiger partial charge >= 0.3 is 11.9 Å². The quantitative estimate of drug-likeness (QED) is 0.218. The minimum absolute atomic E-state index is 0.0249. The molecular formula is C31H54O4. The summed E-state index contributed by atoms with van der Waals surface area (Å²) in [5.41, 5.74) is -0.624. The standard InChI is InChI=1S/C16H28O2.C15H26O2/c1-4-16(2,3)15(17)18-9-5-6-13-10-12-7-8-14(13)11-12;1-4-15(2,3)14(16)17-8-7-13-10-11-5-6-12(13)9-11/h12-14H,4-11H2,1-3H3;11-13H,4-10H2,1-3H3. The summed E-state index contributed by atoms with van der Waals surface area (Å²) in [5, 5.41) is 0. The molecule has 0 radical (unpaired) electrons. The fourth-order valence-electron chi connectivity index (χ4n) is 6.95. The van der Waals surface area contributed by atoms with E-state index in [1.807, 2.05) is 41.5 Å². The maximum atomic E-state index is 11.8. The van der Waals surface area contributed by atoms with Gasteiger partial charge in [0.1, 0.15) is 0 Å². The average Bonchev–Trinajstić information content (AvgIpc) is 3.64. The molecule has 0 heterocycles. The topological polar surface area (TPSA) is 52.6 Å². The van der Waals surface area contributed by atoms with Gasteiger partial charge in [0.2, 0.25) is 0 Å². The number of hydrogen-bond donors (Lipinski definition) is 0. The summed E-state index contributed by atoms with van der Waals surface area (Å²) < 4.78 is 10.8. The second kappa shape index (κ2) is 12.5. The van der Waals surface area contributed by atoms with E-state index >= 15 is 0 Å². The number of rotatable bonds is 11. The molecule has 4 aliphatic carbocycles. The van der Waals surface area contributed by atoms with Crippen LogP contribution in [0.25, 0.3) is 0 Å². The lowest BCUT2D eigenvalue weighted by Crippen LogP contribution is -2.26. The number of fused-ring (bicyclic) bond motifs is 4. The van der Waals surface area contributed by atoms with Gasteiger partial charge in [-0.25, -0.2) is 0 Å².